The van der Waals surface area contributed by atoms with Gasteiger partial charge in [-0.25, -0.2) is 4.79 Å². The SMILES string of the molecule is C=C(C)C(=O)OCCC[Si](Cl)(CCCCCC)CCCCCC. The first-order valence-corrected chi connectivity index (χ1v) is 13.1. The summed E-state index contributed by atoms with van der Waals surface area (Å²) in [5.41, 5.74) is 0.471. The maximum absolute atomic E-state index is 11.4. The Kier molecular flexibility index (Phi) is 13.9. The van der Waals surface area contributed by atoms with Crippen molar-refractivity contribution < 1.29 is 9.53 Å². The summed E-state index contributed by atoms with van der Waals surface area (Å²) in [6.45, 7) is 10.3. The molecule has 0 aliphatic rings. The van der Waals surface area contributed by atoms with E-state index in [-0.39, 0.29) is 5.97 Å². The third-order valence-electron chi connectivity index (χ3n) is 4.31. The first-order valence-electron chi connectivity index (χ1n) is 9.46. The van der Waals surface area contributed by atoms with Crippen molar-refractivity contribution in [2.75, 3.05) is 6.61 Å². The number of rotatable bonds is 15. The molecule has 23 heavy (non-hydrogen) atoms. The van der Waals surface area contributed by atoms with Crippen LogP contribution in [0.15, 0.2) is 12.2 Å². The van der Waals surface area contributed by atoms with Gasteiger partial charge in [-0.3, -0.25) is 0 Å². The van der Waals surface area contributed by atoms with Gasteiger partial charge in [0.25, 0.3) is 0 Å². The Morgan fingerprint density at radius 1 is 0.913 bits per heavy atom. The smallest absolute Gasteiger partial charge is 0.333 e. The Hall–Kier alpha value is -0.283. The summed E-state index contributed by atoms with van der Waals surface area (Å²) in [7, 11) is -1.69. The van der Waals surface area contributed by atoms with E-state index in [4.69, 9.17) is 15.8 Å². The number of carbonyl (C=O) groups is 1. The van der Waals surface area contributed by atoms with Crippen molar-refractivity contribution in [3.8, 4) is 0 Å². The molecule has 0 heterocycles. The maximum atomic E-state index is 11.4. The topological polar surface area (TPSA) is 26.3 Å². The van der Waals surface area contributed by atoms with Crippen molar-refractivity contribution in [1.82, 2.24) is 0 Å². The molecule has 0 aliphatic carbocycles. The molecule has 0 aromatic heterocycles. The van der Waals surface area contributed by atoms with Crippen LogP contribution in [0, 0.1) is 0 Å². The van der Waals surface area contributed by atoms with Crippen LogP contribution in [0.3, 0.4) is 0 Å². The molecule has 0 unspecified atom stereocenters. The Morgan fingerprint density at radius 2 is 1.39 bits per heavy atom. The number of hydrogen-bond donors (Lipinski definition) is 0. The molecule has 0 fully saturated rings. The van der Waals surface area contributed by atoms with E-state index in [9.17, 15) is 4.79 Å². The van der Waals surface area contributed by atoms with Crippen LogP contribution in [0.5, 0.6) is 0 Å². The zero-order valence-corrected chi connectivity index (χ0v) is 17.3. The van der Waals surface area contributed by atoms with E-state index >= 15 is 0 Å². The van der Waals surface area contributed by atoms with Crippen LogP contribution in [0.4, 0.5) is 0 Å². The van der Waals surface area contributed by atoms with Gasteiger partial charge in [0.15, 0.2) is 7.38 Å². The minimum atomic E-state index is -1.69. The molecule has 0 amide bonds. The lowest BCUT2D eigenvalue weighted by molar-refractivity contribution is -0.138. The zero-order valence-electron chi connectivity index (χ0n) is 15.6. The van der Waals surface area contributed by atoms with E-state index in [1.807, 2.05) is 0 Å². The molecule has 0 bridgehead atoms. The Labute approximate surface area is 149 Å². The summed E-state index contributed by atoms with van der Waals surface area (Å²) in [5, 5.41) is 0. The third-order valence-corrected chi connectivity index (χ3v) is 9.76. The first-order chi connectivity index (χ1) is 10.9. The van der Waals surface area contributed by atoms with Gasteiger partial charge < -0.3 is 4.74 Å². The largest absolute Gasteiger partial charge is 0.462 e. The number of hydrogen-bond acceptors (Lipinski definition) is 2. The van der Waals surface area contributed by atoms with Crippen molar-refractivity contribution >= 4 is 24.4 Å². The second-order valence-corrected chi connectivity index (χ2v) is 13.0. The maximum Gasteiger partial charge on any atom is 0.333 e. The standard InChI is InChI=1S/C19H37ClO2Si/c1-5-7-9-11-15-23(20,16-12-10-8-6-2)17-13-14-22-19(21)18(3)4/h3,5-17H2,1-2,4H3. The van der Waals surface area contributed by atoms with E-state index in [1.54, 1.807) is 6.92 Å². The van der Waals surface area contributed by atoms with E-state index < -0.39 is 7.38 Å². The Morgan fingerprint density at radius 3 is 1.83 bits per heavy atom. The van der Waals surface area contributed by atoms with Crippen LogP contribution in [0.25, 0.3) is 0 Å². The normalized spacial score (nSPS) is 11.5. The van der Waals surface area contributed by atoms with E-state index in [2.05, 4.69) is 20.4 Å². The fourth-order valence-electron chi connectivity index (χ4n) is 2.79. The number of carbonyl (C=O) groups excluding carboxylic acids is 1. The molecule has 136 valence electrons. The predicted molar refractivity (Wildman–Crippen MR) is 105 cm³/mol. The minimum Gasteiger partial charge on any atom is -0.462 e. The van der Waals surface area contributed by atoms with Crippen molar-refractivity contribution in [1.29, 1.82) is 0 Å². The van der Waals surface area contributed by atoms with E-state index in [1.165, 1.54) is 63.5 Å². The summed E-state index contributed by atoms with van der Waals surface area (Å²) in [6.07, 6.45) is 11.2. The lowest BCUT2D eigenvalue weighted by atomic mass is 10.2. The van der Waals surface area contributed by atoms with Gasteiger partial charge in [-0.2, -0.15) is 11.1 Å². The lowest BCUT2D eigenvalue weighted by Gasteiger charge is -2.24. The average molecular weight is 361 g/mol. The van der Waals surface area contributed by atoms with Crippen LogP contribution in [0.2, 0.25) is 18.1 Å². The molecule has 0 saturated carbocycles. The van der Waals surface area contributed by atoms with Crippen LogP contribution in [0.1, 0.15) is 78.6 Å². The minimum absolute atomic E-state index is 0.280. The number of esters is 1. The molecule has 0 aromatic rings. The number of ether oxygens (including phenoxy) is 1. The molecular formula is C19H37ClO2Si. The highest BCUT2D eigenvalue weighted by molar-refractivity contribution is 7.20. The second kappa shape index (κ2) is 14.1. The number of halogens is 1. The monoisotopic (exact) mass is 360 g/mol. The summed E-state index contributed by atoms with van der Waals surface area (Å²) in [5.74, 6) is -0.280. The zero-order chi connectivity index (χ0) is 17.6. The molecular weight excluding hydrogens is 324 g/mol. The van der Waals surface area contributed by atoms with E-state index in [0.717, 1.165) is 12.5 Å². The van der Waals surface area contributed by atoms with Gasteiger partial charge in [-0.15, -0.1) is 0 Å². The van der Waals surface area contributed by atoms with Crippen molar-refractivity contribution in [2.45, 2.75) is 96.7 Å². The fraction of sp³-hybridized carbons (Fsp3) is 0.842. The highest BCUT2D eigenvalue weighted by Gasteiger charge is 2.29. The summed E-state index contributed by atoms with van der Waals surface area (Å²) >= 11 is 7.06. The molecule has 2 nitrogen and oxygen atoms in total. The number of unbranched alkanes of at least 4 members (excludes halogenated alkanes) is 6. The molecule has 0 aromatic carbocycles. The highest BCUT2D eigenvalue weighted by Crippen LogP contribution is 2.32. The van der Waals surface area contributed by atoms with Crippen LogP contribution < -0.4 is 0 Å². The third kappa shape index (κ3) is 12.8. The first kappa shape index (κ1) is 22.7. The Balaban J connectivity index is 4.17. The van der Waals surface area contributed by atoms with Gasteiger partial charge in [0.05, 0.1) is 6.61 Å². The fourth-order valence-corrected chi connectivity index (χ4v) is 7.29. The van der Waals surface area contributed by atoms with Crippen molar-refractivity contribution in [3.05, 3.63) is 12.2 Å². The summed E-state index contributed by atoms with van der Waals surface area (Å²) < 4.78 is 5.21. The van der Waals surface area contributed by atoms with Crippen molar-refractivity contribution in [2.24, 2.45) is 0 Å². The van der Waals surface area contributed by atoms with Gasteiger partial charge in [0.2, 0.25) is 0 Å². The molecule has 4 heteroatoms. The molecule has 0 N–H and O–H groups in total. The molecule has 0 rings (SSSR count). The van der Waals surface area contributed by atoms with Crippen LogP contribution in [-0.4, -0.2) is 20.0 Å². The van der Waals surface area contributed by atoms with Gasteiger partial charge in [0, 0.05) is 5.57 Å². The summed E-state index contributed by atoms with van der Waals surface area (Å²) in [4.78, 5) is 11.4. The molecule has 0 atom stereocenters. The lowest BCUT2D eigenvalue weighted by Crippen LogP contribution is -2.27. The highest BCUT2D eigenvalue weighted by atomic mass is 35.6. The van der Waals surface area contributed by atoms with Gasteiger partial charge >= 0.3 is 5.97 Å². The molecule has 0 aliphatic heterocycles. The molecule has 0 saturated heterocycles. The predicted octanol–water partition coefficient (Wildman–Crippen LogP) is 6.84. The Bertz CT molecular complexity index is 319. The van der Waals surface area contributed by atoms with Crippen LogP contribution >= 0.6 is 11.1 Å². The molecule has 0 spiro atoms. The van der Waals surface area contributed by atoms with E-state index in [0.29, 0.717) is 12.2 Å². The second-order valence-electron chi connectivity index (χ2n) is 6.79. The molecule has 0 radical (unpaired) electrons. The van der Waals surface area contributed by atoms with Gasteiger partial charge in [0.1, 0.15) is 0 Å². The quantitative estimate of drug-likeness (QED) is 0.105. The van der Waals surface area contributed by atoms with Gasteiger partial charge in [-0.05, 0) is 31.5 Å². The van der Waals surface area contributed by atoms with Crippen molar-refractivity contribution in [3.63, 3.8) is 0 Å². The van der Waals surface area contributed by atoms with Gasteiger partial charge in [-0.1, -0.05) is 71.8 Å². The average Bonchev–Trinajstić information content (AvgIpc) is 2.52. The van der Waals surface area contributed by atoms with Crippen LogP contribution in [-0.2, 0) is 9.53 Å². The summed E-state index contributed by atoms with van der Waals surface area (Å²) in [6, 6.07) is 3.50.